The second-order valence-corrected chi connectivity index (χ2v) is 7.86. The molecule has 0 N–H and O–H groups in total. The smallest absolute Gasteiger partial charge is 0.338 e. The van der Waals surface area contributed by atoms with Crippen LogP contribution in [0.3, 0.4) is 0 Å². The van der Waals surface area contributed by atoms with Crippen molar-refractivity contribution < 1.29 is 8.85 Å². The van der Waals surface area contributed by atoms with E-state index in [2.05, 4.69) is 13.8 Å². The van der Waals surface area contributed by atoms with Gasteiger partial charge in [0.25, 0.3) is 0 Å². The molecule has 0 aliphatic carbocycles. The molecule has 0 aromatic heterocycles. The third-order valence-electron chi connectivity index (χ3n) is 3.11. The molecule has 0 saturated carbocycles. The summed E-state index contributed by atoms with van der Waals surface area (Å²) in [5.41, 5.74) is 0. The molecule has 2 aliphatic heterocycles. The maximum absolute atomic E-state index is 6.10. The first kappa shape index (κ1) is 9.68. The van der Waals surface area contributed by atoms with E-state index in [1.54, 1.807) is 0 Å². The van der Waals surface area contributed by atoms with Gasteiger partial charge in [0.05, 0.1) is 0 Å². The Morgan fingerprint density at radius 2 is 1.46 bits per heavy atom. The van der Waals surface area contributed by atoms with Crippen LogP contribution >= 0.6 is 0 Å². The lowest BCUT2D eigenvalue weighted by Gasteiger charge is -2.43. The molecule has 2 fully saturated rings. The van der Waals surface area contributed by atoms with Crippen LogP contribution in [0.15, 0.2) is 0 Å². The summed E-state index contributed by atoms with van der Waals surface area (Å²) in [5, 5.41) is 0. The van der Waals surface area contributed by atoms with Gasteiger partial charge >= 0.3 is 8.56 Å². The Balaban J connectivity index is 2.02. The molecular formula is C10H20O2Si. The van der Waals surface area contributed by atoms with Crippen molar-refractivity contribution in [2.75, 3.05) is 0 Å². The molecule has 3 heteroatoms. The average molecular weight is 200 g/mol. The molecule has 0 aromatic carbocycles. The van der Waals surface area contributed by atoms with E-state index in [-0.39, 0.29) is 0 Å². The van der Waals surface area contributed by atoms with Gasteiger partial charge in [0.1, 0.15) is 0 Å². The molecule has 13 heavy (non-hydrogen) atoms. The van der Waals surface area contributed by atoms with E-state index in [9.17, 15) is 0 Å². The minimum Gasteiger partial charge on any atom is -0.391 e. The molecule has 2 nitrogen and oxygen atoms in total. The average Bonchev–Trinajstić information content (AvgIpc) is 2.02. The standard InChI is InChI=1S/C10H20O2Si/c1-9-8-10(2)12-13(11-9)6-4-3-5-7-13/h9-10H,3-8H2,1-2H3. The minimum atomic E-state index is -1.70. The van der Waals surface area contributed by atoms with E-state index < -0.39 is 8.56 Å². The fourth-order valence-corrected chi connectivity index (χ4v) is 6.66. The third-order valence-corrected chi connectivity index (χ3v) is 7.01. The van der Waals surface area contributed by atoms with Gasteiger partial charge in [-0.15, -0.1) is 0 Å². The highest BCUT2D eigenvalue weighted by Crippen LogP contribution is 2.36. The fraction of sp³-hybridized carbons (Fsp3) is 1.00. The molecule has 0 aromatic rings. The number of rotatable bonds is 0. The SMILES string of the molecule is CC1CC(C)O[Si]2(CCCCC2)O1. The molecule has 2 aliphatic rings. The first-order chi connectivity index (χ1) is 6.20. The lowest BCUT2D eigenvalue weighted by molar-refractivity contribution is 0.0107. The lowest BCUT2D eigenvalue weighted by atomic mass is 10.2. The van der Waals surface area contributed by atoms with Crippen molar-refractivity contribution in [3.8, 4) is 0 Å². The van der Waals surface area contributed by atoms with Gasteiger partial charge in [-0.1, -0.05) is 19.3 Å². The van der Waals surface area contributed by atoms with Gasteiger partial charge in [-0.25, -0.2) is 0 Å². The van der Waals surface area contributed by atoms with Crippen LogP contribution in [0.4, 0.5) is 0 Å². The van der Waals surface area contributed by atoms with Gasteiger partial charge in [-0.3, -0.25) is 0 Å². The van der Waals surface area contributed by atoms with Crippen molar-refractivity contribution in [3.05, 3.63) is 0 Å². The second kappa shape index (κ2) is 3.71. The molecule has 76 valence electrons. The third kappa shape index (κ3) is 2.14. The fourth-order valence-electron chi connectivity index (χ4n) is 2.65. The summed E-state index contributed by atoms with van der Waals surface area (Å²) in [4.78, 5) is 0. The summed E-state index contributed by atoms with van der Waals surface area (Å²) in [5.74, 6) is 0. The van der Waals surface area contributed by atoms with Gasteiger partial charge in [-0.05, 0) is 32.4 Å². The van der Waals surface area contributed by atoms with E-state index in [1.165, 1.54) is 31.4 Å². The first-order valence-corrected chi connectivity index (χ1v) is 7.79. The van der Waals surface area contributed by atoms with Gasteiger partial charge in [0.15, 0.2) is 0 Å². The van der Waals surface area contributed by atoms with Gasteiger partial charge in [-0.2, -0.15) is 0 Å². The summed E-state index contributed by atoms with van der Waals surface area (Å²) >= 11 is 0. The number of hydrogen-bond acceptors (Lipinski definition) is 2. The van der Waals surface area contributed by atoms with Gasteiger partial charge in [0.2, 0.25) is 0 Å². The topological polar surface area (TPSA) is 18.5 Å². The van der Waals surface area contributed by atoms with Crippen molar-refractivity contribution in [3.63, 3.8) is 0 Å². The molecular weight excluding hydrogens is 180 g/mol. The van der Waals surface area contributed by atoms with Gasteiger partial charge < -0.3 is 8.85 Å². The molecule has 2 saturated heterocycles. The van der Waals surface area contributed by atoms with Crippen LogP contribution in [-0.4, -0.2) is 20.8 Å². The van der Waals surface area contributed by atoms with E-state index in [1.807, 2.05) is 0 Å². The molecule has 0 radical (unpaired) electrons. The summed E-state index contributed by atoms with van der Waals surface area (Å²) in [6.07, 6.45) is 5.98. The summed E-state index contributed by atoms with van der Waals surface area (Å²) < 4.78 is 12.2. The number of hydrogen-bond donors (Lipinski definition) is 0. The quantitative estimate of drug-likeness (QED) is 0.560. The van der Waals surface area contributed by atoms with Crippen LogP contribution in [0.2, 0.25) is 12.1 Å². The highest BCUT2D eigenvalue weighted by atomic mass is 28.4. The first-order valence-electron chi connectivity index (χ1n) is 5.56. The summed E-state index contributed by atoms with van der Waals surface area (Å²) in [7, 11) is -1.70. The zero-order valence-corrected chi connectivity index (χ0v) is 9.71. The van der Waals surface area contributed by atoms with Crippen LogP contribution in [0.5, 0.6) is 0 Å². The molecule has 0 amide bonds. The summed E-state index contributed by atoms with van der Waals surface area (Å²) in [6, 6.07) is 2.48. The maximum atomic E-state index is 6.10. The van der Waals surface area contributed by atoms with Crippen molar-refractivity contribution >= 4 is 8.56 Å². The van der Waals surface area contributed by atoms with E-state index in [4.69, 9.17) is 8.85 Å². The molecule has 2 rings (SSSR count). The van der Waals surface area contributed by atoms with E-state index in [0.717, 1.165) is 6.42 Å². The van der Waals surface area contributed by atoms with E-state index in [0.29, 0.717) is 12.2 Å². The lowest BCUT2D eigenvalue weighted by Crippen LogP contribution is -2.52. The maximum Gasteiger partial charge on any atom is 0.338 e. The summed E-state index contributed by atoms with van der Waals surface area (Å²) in [6.45, 7) is 4.39. The predicted molar refractivity (Wildman–Crippen MR) is 54.9 cm³/mol. The van der Waals surface area contributed by atoms with Gasteiger partial charge in [0, 0.05) is 12.2 Å². The Morgan fingerprint density at radius 1 is 0.923 bits per heavy atom. The van der Waals surface area contributed by atoms with Crippen molar-refractivity contribution in [2.45, 2.75) is 63.8 Å². The highest BCUT2D eigenvalue weighted by molar-refractivity contribution is 6.67. The van der Waals surface area contributed by atoms with Crippen molar-refractivity contribution in [2.24, 2.45) is 0 Å². The zero-order valence-electron chi connectivity index (χ0n) is 8.71. The second-order valence-electron chi connectivity index (χ2n) is 4.56. The minimum absolute atomic E-state index is 0.438. The Hall–Kier alpha value is 0.137. The Kier molecular flexibility index (Phi) is 2.77. The molecule has 2 unspecified atom stereocenters. The highest BCUT2D eigenvalue weighted by Gasteiger charge is 2.44. The molecule has 2 atom stereocenters. The largest absolute Gasteiger partial charge is 0.391 e. The Morgan fingerprint density at radius 3 is 2.00 bits per heavy atom. The van der Waals surface area contributed by atoms with Crippen LogP contribution in [-0.2, 0) is 8.85 Å². The van der Waals surface area contributed by atoms with Crippen LogP contribution < -0.4 is 0 Å². The normalized spacial score (nSPS) is 39.2. The van der Waals surface area contributed by atoms with Crippen LogP contribution in [0.1, 0.15) is 39.5 Å². The van der Waals surface area contributed by atoms with Crippen molar-refractivity contribution in [1.82, 2.24) is 0 Å². The van der Waals surface area contributed by atoms with E-state index >= 15 is 0 Å². The Labute approximate surface area is 81.9 Å². The zero-order chi connectivity index (χ0) is 9.31. The van der Waals surface area contributed by atoms with Crippen LogP contribution in [0, 0.1) is 0 Å². The molecule has 2 heterocycles. The predicted octanol–water partition coefficient (Wildman–Crippen LogP) is 2.83. The van der Waals surface area contributed by atoms with Crippen LogP contribution in [0.25, 0.3) is 0 Å². The Bertz CT molecular complexity index is 166. The monoisotopic (exact) mass is 200 g/mol. The molecule has 1 spiro atoms. The van der Waals surface area contributed by atoms with Crippen molar-refractivity contribution in [1.29, 1.82) is 0 Å². The molecule has 0 bridgehead atoms.